The van der Waals surface area contributed by atoms with Crippen molar-refractivity contribution in [3.8, 4) is 0 Å². The van der Waals surface area contributed by atoms with E-state index in [2.05, 4.69) is 67.6 Å². The summed E-state index contributed by atoms with van der Waals surface area (Å²) in [5, 5.41) is 11.9. The highest BCUT2D eigenvalue weighted by Gasteiger charge is 2.61. The van der Waals surface area contributed by atoms with Crippen LogP contribution < -0.4 is 0 Å². The fourth-order valence-corrected chi connectivity index (χ4v) is 12.8. The van der Waals surface area contributed by atoms with E-state index >= 15 is 0 Å². The van der Waals surface area contributed by atoms with Crippen molar-refractivity contribution in [3.63, 3.8) is 0 Å². The van der Waals surface area contributed by atoms with Gasteiger partial charge in [0.1, 0.15) is 0 Å². The molecule has 47 heavy (non-hydrogen) atoms. The molecule has 0 heterocycles. The van der Waals surface area contributed by atoms with Crippen LogP contribution in [0.15, 0.2) is 40.8 Å². The smallest absolute Gasteiger partial charge is 0.296 e. The summed E-state index contributed by atoms with van der Waals surface area (Å²) in [5.41, 5.74) is 3.15. The van der Waals surface area contributed by atoms with E-state index in [-0.39, 0.29) is 39.4 Å². The minimum Gasteiger partial charge on any atom is -0.414 e. The molecule has 5 rings (SSSR count). The standard InChI is InChI=1S/C40H66O5SSi/c1-27-14-17-32(18-15-27)46(42,43)44-26-28(2)12-11-13-29(3)37-36(41)25-35-33-19-16-30-24-31(45-47(9,10)38(4,5)6)20-22-39(30,7)34(33)21-23-40(35,37)8/h14-18,28-29,31,33-37,41H,11-13,19-26H2,1-10H3/t28-,29-,31+,33-,34+,35+,36+,37+,39+,40+/m1/s1. The van der Waals surface area contributed by atoms with Gasteiger partial charge in [0.25, 0.3) is 10.1 Å². The van der Waals surface area contributed by atoms with Crippen LogP contribution in [0.25, 0.3) is 0 Å². The van der Waals surface area contributed by atoms with Crippen LogP contribution in [0, 0.1) is 53.3 Å². The topological polar surface area (TPSA) is 72.8 Å². The molecular formula is C40H66O5SSi. The minimum atomic E-state index is -3.73. The monoisotopic (exact) mass is 686 g/mol. The number of benzene rings is 1. The van der Waals surface area contributed by atoms with E-state index in [1.807, 2.05) is 6.92 Å². The molecule has 10 atom stereocenters. The van der Waals surface area contributed by atoms with Gasteiger partial charge in [-0.05, 0) is 135 Å². The zero-order chi connectivity index (χ0) is 34.6. The Balaban J connectivity index is 1.17. The Morgan fingerprint density at radius 3 is 2.36 bits per heavy atom. The van der Waals surface area contributed by atoms with Gasteiger partial charge in [0.15, 0.2) is 8.32 Å². The van der Waals surface area contributed by atoms with Gasteiger partial charge in [-0.25, -0.2) is 0 Å². The Morgan fingerprint density at radius 1 is 1.02 bits per heavy atom. The van der Waals surface area contributed by atoms with E-state index in [4.69, 9.17) is 8.61 Å². The van der Waals surface area contributed by atoms with Gasteiger partial charge in [-0.2, -0.15) is 8.42 Å². The SMILES string of the molecule is Cc1ccc(S(=O)(=O)OC[C@H](C)CCC[C@@H](C)[C@H]2[C@@H](O)C[C@H]3[C@@H]4CC=C5C[C@@H](O[Si](C)(C)C(C)(C)C)CC[C@]5(C)[C@H]4CC[C@]23C)cc1. The molecule has 266 valence electrons. The summed E-state index contributed by atoms with van der Waals surface area (Å²) in [6.45, 7) is 23.5. The molecule has 0 aromatic heterocycles. The maximum absolute atomic E-state index is 12.6. The largest absolute Gasteiger partial charge is 0.414 e. The summed E-state index contributed by atoms with van der Waals surface area (Å²) < 4.78 is 37.7. The Kier molecular flexibility index (Phi) is 10.8. The zero-order valence-corrected chi connectivity index (χ0v) is 33.1. The van der Waals surface area contributed by atoms with E-state index in [0.717, 1.165) is 37.7 Å². The first-order chi connectivity index (χ1) is 21.8. The summed E-state index contributed by atoms with van der Waals surface area (Å²) >= 11 is 0. The number of hydrogen-bond acceptors (Lipinski definition) is 5. The first-order valence-corrected chi connectivity index (χ1v) is 23.1. The van der Waals surface area contributed by atoms with Gasteiger partial charge in [0.2, 0.25) is 0 Å². The fourth-order valence-electron chi connectivity index (χ4n) is 10.4. The molecule has 0 spiro atoms. The number of fused-ring (bicyclic) bond motifs is 5. The molecule has 0 unspecified atom stereocenters. The third-order valence-corrected chi connectivity index (χ3v) is 20.1. The highest BCUT2D eigenvalue weighted by Crippen LogP contribution is 2.67. The van der Waals surface area contributed by atoms with E-state index in [0.29, 0.717) is 35.7 Å². The second-order valence-electron chi connectivity index (χ2n) is 18.4. The summed E-state index contributed by atoms with van der Waals surface area (Å²) in [6, 6.07) is 6.83. The van der Waals surface area contributed by atoms with Gasteiger partial charge in [-0.15, -0.1) is 0 Å². The molecule has 1 N–H and O–H groups in total. The van der Waals surface area contributed by atoms with Crippen molar-refractivity contribution in [1.82, 2.24) is 0 Å². The normalized spacial score (nSPS) is 35.8. The van der Waals surface area contributed by atoms with E-state index in [9.17, 15) is 13.5 Å². The van der Waals surface area contributed by atoms with Gasteiger partial charge in [-0.1, -0.05) is 90.7 Å². The molecule has 0 amide bonds. The summed E-state index contributed by atoms with van der Waals surface area (Å²) in [6.07, 6.45) is 13.9. The van der Waals surface area contributed by atoms with Gasteiger partial charge in [0.05, 0.1) is 17.6 Å². The van der Waals surface area contributed by atoms with E-state index in [1.54, 1.807) is 29.8 Å². The summed E-state index contributed by atoms with van der Waals surface area (Å²) in [7, 11) is -5.52. The molecule has 1 aromatic rings. The molecule has 7 heteroatoms. The molecule has 0 radical (unpaired) electrons. The van der Waals surface area contributed by atoms with E-state index < -0.39 is 18.4 Å². The van der Waals surface area contributed by atoms with Crippen molar-refractivity contribution >= 4 is 18.4 Å². The maximum Gasteiger partial charge on any atom is 0.296 e. The number of aryl methyl sites for hydroxylation is 1. The van der Waals surface area contributed by atoms with Gasteiger partial charge in [0, 0.05) is 6.10 Å². The van der Waals surface area contributed by atoms with Gasteiger partial charge < -0.3 is 9.53 Å². The van der Waals surface area contributed by atoms with Crippen LogP contribution in [0.2, 0.25) is 18.1 Å². The molecule has 3 fully saturated rings. The molecule has 1 aromatic carbocycles. The highest BCUT2D eigenvalue weighted by molar-refractivity contribution is 7.86. The van der Waals surface area contributed by atoms with Crippen molar-refractivity contribution in [2.75, 3.05) is 6.61 Å². The Bertz CT molecular complexity index is 1380. The first kappa shape index (κ1) is 37.3. The third-order valence-electron chi connectivity index (χ3n) is 14.2. The molecule has 4 aliphatic carbocycles. The molecule has 4 aliphatic rings. The first-order valence-electron chi connectivity index (χ1n) is 18.8. The number of rotatable bonds is 11. The summed E-state index contributed by atoms with van der Waals surface area (Å²) in [4.78, 5) is 0.221. The third kappa shape index (κ3) is 7.41. The number of allylic oxidation sites excluding steroid dienone is 1. The average molecular weight is 687 g/mol. The number of aliphatic hydroxyl groups excluding tert-OH is 1. The van der Waals surface area contributed by atoms with Crippen molar-refractivity contribution in [2.24, 2.45) is 46.3 Å². The molecule has 0 aliphatic heterocycles. The average Bonchev–Trinajstić information content (AvgIpc) is 3.25. The lowest BCUT2D eigenvalue weighted by molar-refractivity contribution is -0.0613. The van der Waals surface area contributed by atoms with Crippen LogP contribution in [0.5, 0.6) is 0 Å². The Hall–Kier alpha value is -0.993. The van der Waals surface area contributed by atoms with Gasteiger partial charge in [-0.3, -0.25) is 4.18 Å². The molecule has 0 bridgehead atoms. The van der Waals surface area contributed by atoms with Crippen molar-refractivity contribution in [2.45, 2.75) is 155 Å². The Morgan fingerprint density at radius 2 is 1.70 bits per heavy atom. The van der Waals surface area contributed by atoms with Crippen molar-refractivity contribution in [3.05, 3.63) is 41.5 Å². The molecule has 5 nitrogen and oxygen atoms in total. The van der Waals surface area contributed by atoms with Crippen LogP contribution in [0.3, 0.4) is 0 Å². The molecule has 3 saturated carbocycles. The van der Waals surface area contributed by atoms with Crippen LogP contribution in [0.1, 0.15) is 118 Å². The zero-order valence-electron chi connectivity index (χ0n) is 31.3. The lowest BCUT2D eigenvalue weighted by atomic mass is 9.47. The molecular weight excluding hydrogens is 621 g/mol. The second-order valence-corrected chi connectivity index (χ2v) is 24.8. The quantitative estimate of drug-likeness (QED) is 0.143. The number of aliphatic hydroxyl groups is 1. The second kappa shape index (κ2) is 13.6. The predicted molar refractivity (Wildman–Crippen MR) is 195 cm³/mol. The predicted octanol–water partition coefficient (Wildman–Crippen LogP) is 10.1. The van der Waals surface area contributed by atoms with Gasteiger partial charge >= 0.3 is 0 Å². The molecule has 0 saturated heterocycles. The van der Waals surface area contributed by atoms with Crippen LogP contribution >= 0.6 is 0 Å². The van der Waals surface area contributed by atoms with Crippen LogP contribution in [-0.2, 0) is 18.7 Å². The Labute approximate surface area is 288 Å². The van der Waals surface area contributed by atoms with Crippen LogP contribution in [-0.4, -0.2) is 40.7 Å². The summed E-state index contributed by atoms with van der Waals surface area (Å²) in [5.74, 6) is 2.88. The maximum atomic E-state index is 12.6. The fraction of sp³-hybridized carbons (Fsp3) is 0.800. The van der Waals surface area contributed by atoms with Crippen molar-refractivity contribution in [1.29, 1.82) is 0 Å². The minimum absolute atomic E-state index is 0.154. The van der Waals surface area contributed by atoms with E-state index in [1.165, 1.54) is 32.1 Å². The van der Waals surface area contributed by atoms with Crippen LogP contribution in [0.4, 0.5) is 0 Å². The lowest BCUT2D eigenvalue weighted by Gasteiger charge is -2.58. The lowest BCUT2D eigenvalue weighted by Crippen LogP contribution is -2.52. The van der Waals surface area contributed by atoms with Crippen molar-refractivity contribution < 1.29 is 22.1 Å². The highest BCUT2D eigenvalue weighted by atomic mass is 32.2. The number of hydrogen-bond donors (Lipinski definition) is 1.